The van der Waals surface area contributed by atoms with Gasteiger partial charge in [-0.25, -0.2) is 0 Å². The van der Waals surface area contributed by atoms with Crippen LogP contribution in [0.5, 0.6) is 5.75 Å². The molecule has 3 aromatic carbocycles. The van der Waals surface area contributed by atoms with E-state index in [1.165, 1.54) is 22.8 Å². The molecular formula is C44H63Cl2N3O4. The van der Waals surface area contributed by atoms with E-state index in [-0.39, 0.29) is 31.6 Å². The van der Waals surface area contributed by atoms with Gasteiger partial charge in [-0.3, -0.25) is 14.4 Å². The molecule has 2 amide bonds. The summed E-state index contributed by atoms with van der Waals surface area (Å²) >= 11 is 12.8. The fourth-order valence-electron chi connectivity index (χ4n) is 5.94. The Morgan fingerprint density at radius 2 is 1.53 bits per heavy atom. The topological polar surface area (TPSA) is 108 Å². The van der Waals surface area contributed by atoms with E-state index < -0.39 is 11.5 Å². The quantitative estimate of drug-likeness (QED) is 0.0766. The van der Waals surface area contributed by atoms with Crippen molar-refractivity contribution < 1.29 is 19.1 Å². The number of likely N-dealkylation sites (N-methyl/N-ethyl adjacent to an activating group) is 1. The zero-order valence-corrected chi connectivity index (χ0v) is 34.2. The van der Waals surface area contributed by atoms with E-state index >= 15 is 0 Å². The van der Waals surface area contributed by atoms with Gasteiger partial charge in [0.1, 0.15) is 12.0 Å². The lowest BCUT2D eigenvalue weighted by molar-refractivity contribution is -0.137. The van der Waals surface area contributed by atoms with Gasteiger partial charge in [0.05, 0.1) is 0 Å². The number of hydrogen-bond donors (Lipinski definition) is 3. The lowest BCUT2D eigenvalue weighted by Gasteiger charge is -2.32. The van der Waals surface area contributed by atoms with Crippen LogP contribution in [0, 0.1) is 19.3 Å². The molecule has 3 N–H and O–H groups in total. The highest BCUT2D eigenvalue weighted by atomic mass is 35.5. The summed E-state index contributed by atoms with van der Waals surface area (Å²) < 4.78 is 6.45. The Kier molecular flexibility index (Phi) is 23.3. The van der Waals surface area contributed by atoms with E-state index in [0.29, 0.717) is 52.0 Å². The highest BCUT2D eigenvalue weighted by molar-refractivity contribution is 6.31. The summed E-state index contributed by atoms with van der Waals surface area (Å²) in [7, 11) is 1.59. The molecule has 0 aromatic heterocycles. The smallest absolute Gasteiger partial charge is 0.263 e. The first kappa shape index (κ1) is 49.1. The maximum absolute atomic E-state index is 13.7. The number of aldehydes is 1. The predicted molar refractivity (Wildman–Crippen MR) is 227 cm³/mol. The van der Waals surface area contributed by atoms with Crippen LogP contribution in [-0.4, -0.2) is 36.5 Å². The lowest BCUT2D eigenvalue weighted by Crippen LogP contribution is -2.49. The van der Waals surface area contributed by atoms with Crippen molar-refractivity contribution in [1.82, 2.24) is 5.32 Å². The Balaban J connectivity index is 0.00000242. The maximum atomic E-state index is 13.7. The average molecular weight is 769 g/mol. The molecule has 0 bridgehead atoms. The molecule has 2 unspecified atom stereocenters. The number of halogens is 2. The molecule has 9 heteroatoms. The van der Waals surface area contributed by atoms with Crippen LogP contribution >= 0.6 is 23.2 Å². The number of allylic oxidation sites excluding steroid dienone is 2. The summed E-state index contributed by atoms with van der Waals surface area (Å²) in [6.45, 7) is 17.9. The molecule has 0 aliphatic carbocycles. The third-order valence-electron chi connectivity index (χ3n) is 8.81. The monoisotopic (exact) mass is 767 g/mol. The van der Waals surface area contributed by atoms with Crippen molar-refractivity contribution in [2.24, 2.45) is 0 Å². The van der Waals surface area contributed by atoms with Crippen molar-refractivity contribution in [3.05, 3.63) is 105 Å². The molecule has 0 radical (unpaired) electrons. The van der Waals surface area contributed by atoms with E-state index in [2.05, 4.69) is 56.5 Å². The first-order chi connectivity index (χ1) is 24.7. The number of aryl methyl sites for hydroxylation is 2. The fraction of sp³-hybridized carbons (Fsp3) is 0.455. The van der Waals surface area contributed by atoms with Crippen molar-refractivity contribution in [2.45, 2.75) is 126 Å². The molecule has 53 heavy (non-hydrogen) atoms. The van der Waals surface area contributed by atoms with E-state index in [0.717, 1.165) is 24.7 Å². The number of nitrogens with one attached hydrogen (secondary N) is 3. The van der Waals surface area contributed by atoms with Crippen LogP contribution in [0.1, 0.15) is 134 Å². The second-order valence-corrected chi connectivity index (χ2v) is 13.5. The first-order valence-corrected chi connectivity index (χ1v) is 19.0. The Hall–Kier alpha value is -3.94. The Morgan fingerprint density at radius 1 is 0.906 bits per heavy atom. The van der Waals surface area contributed by atoms with Gasteiger partial charge in [-0.15, -0.1) is 0 Å². The zero-order chi connectivity index (χ0) is 39.4. The van der Waals surface area contributed by atoms with Crippen molar-refractivity contribution in [3.8, 4) is 5.75 Å². The molecule has 3 aromatic rings. The number of benzene rings is 3. The molecule has 0 aliphatic rings. The van der Waals surface area contributed by atoms with Crippen LogP contribution in [0.4, 0.5) is 5.69 Å². The second-order valence-electron chi connectivity index (χ2n) is 12.7. The third-order valence-corrected chi connectivity index (χ3v) is 9.28. The maximum Gasteiger partial charge on any atom is 0.263 e. The van der Waals surface area contributed by atoms with Crippen molar-refractivity contribution >= 4 is 52.7 Å². The van der Waals surface area contributed by atoms with Crippen LogP contribution in [0.25, 0.3) is 0 Å². The zero-order valence-electron chi connectivity index (χ0n) is 32.7. The molecule has 0 fully saturated rings. The molecule has 0 spiro atoms. The number of anilines is 1. The Bertz CT molecular complexity index is 1650. The van der Waals surface area contributed by atoms with E-state index in [1.807, 2.05) is 45.9 Å². The van der Waals surface area contributed by atoms with E-state index in [4.69, 9.17) is 33.3 Å². The summed E-state index contributed by atoms with van der Waals surface area (Å²) in [6.07, 6.45) is 7.63. The average Bonchev–Trinajstić information content (AvgIpc) is 3.12. The summed E-state index contributed by atoms with van der Waals surface area (Å²) in [5.74, 6) is -0.371. The number of unbranched alkanes of at least 4 members (excludes halogenated alkanes) is 1. The van der Waals surface area contributed by atoms with Gasteiger partial charge in [0.15, 0.2) is 5.60 Å². The van der Waals surface area contributed by atoms with Crippen molar-refractivity contribution in [1.29, 1.82) is 5.41 Å². The molecule has 0 saturated carbocycles. The van der Waals surface area contributed by atoms with Gasteiger partial charge in [-0.2, -0.15) is 0 Å². The van der Waals surface area contributed by atoms with Gasteiger partial charge in [0.2, 0.25) is 5.91 Å². The number of hydrogen-bond acceptors (Lipinski definition) is 5. The normalized spacial score (nSPS) is 11.8. The number of carbonyl (C=O) groups is 3. The van der Waals surface area contributed by atoms with E-state index in [9.17, 15) is 14.4 Å². The minimum atomic E-state index is -1.08. The molecular weight excluding hydrogens is 705 g/mol. The van der Waals surface area contributed by atoms with Gasteiger partial charge in [-0.1, -0.05) is 114 Å². The molecule has 3 rings (SSSR count). The third kappa shape index (κ3) is 15.1. The largest absolute Gasteiger partial charge is 0.477 e. The number of amides is 2. The number of carbonyl (C=O) groups excluding carboxylic acids is 3. The standard InChI is InChI=1S/C35H43Cl2N3O3.C6H10O.C2H6.CH4/c1-8-35(9-2,34(42)39-7)43-32-15-13-26(36)19-30(32)25(17-23(5)38)18-33(41)40-31-20-27(37)12-14-28(31)24(6)29-16-21(3)10-11-22(29)4;1-2-3-4-5-6-7;1-2;/h10-16,19-20,24-25,38H,8-9,17-18H2,1-7H3,(H,39,42)(H,40,41);4-6H,2-3H2,1H3;1-2H3;1H4/b;5-4+;;. The van der Waals surface area contributed by atoms with Gasteiger partial charge in [-0.05, 0) is 105 Å². The minimum Gasteiger partial charge on any atom is -0.477 e. The minimum absolute atomic E-state index is 0. The summed E-state index contributed by atoms with van der Waals surface area (Å²) in [5, 5.41) is 15.1. The van der Waals surface area contributed by atoms with Crippen LogP contribution in [-0.2, 0) is 14.4 Å². The summed E-state index contributed by atoms with van der Waals surface area (Å²) in [6, 6.07) is 17.2. The SMILES string of the molecule is C.CC.CCC(CC)(Oc1ccc(Cl)cc1C(CC(C)=N)CC(=O)Nc1cc(Cl)ccc1C(C)c1cc(C)ccc1C)C(=O)NC.CCC/C=C/C=O. The van der Waals surface area contributed by atoms with Crippen LogP contribution in [0.15, 0.2) is 66.7 Å². The number of rotatable bonds is 16. The Labute approximate surface area is 329 Å². The molecule has 7 nitrogen and oxygen atoms in total. The van der Waals surface area contributed by atoms with Crippen molar-refractivity contribution in [3.63, 3.8) is 0 Å². The van der Waals surface area contributed by atoms with Gasteiger partial charge >= 0.3 is 0 Å². The van der Waals surface area contributed by atoms with Crippen LogP contribution < -0.4 is 15.4 Å². The van der Waals surface area contributed by atoms with Gasteiger partial charge in [0.25, 0.3) is 5.91 Å². The second kappa shape index (κ2) is 25.1. The van der Waals surface area contributed by atoms with Gasteiger partial charge in [0, 0.05) is 46.7 Å². The fourth-order valence-corrected chi connectivity index (χ4v) is 6.30. The highest BCUT2D eigenvalue weighted by Gasteiger charge is 2.38. The molecule has 2 atom stereocenters. The van der Waals surface area contributed by atoms with E-state index in [1.54, 1.807) is 38.2 Å². The van der Waals surface area contributed by atoms with Crippen molar-refractivity contribution in [2.75, 3.05) is 12.4 Å². The highest BCUT2D eigenvalue weighted by Crippen LogP contribution is 2.39. The molecule has 0 heterocycles. The summed E-state index contributed by atoms with van der Waals surface area (Å²) in [4.78, 5) is 36.2. The number of ether oxygens (including phenoxy) is 1. The lowest BCUT2D eigenvalue weighted by atomic mass is 9.87. The molecule has 292 valence electrons. The predicted octanol–water partition coefficient (Wildman–Crippen LogP) is 12.2. The van der Waals surface area contributed by atoms with Crippen LogP contribution in [0.2, 0.25) is 10.0 Å². The van der Waals surface area contributed by atoms with Gasteiger partial charge < -0.3 is 20.8 Å². The first-order valence-electron chi connectivity index (χ1n) is 18.3. The Morgan fingerprint density at radius 3 is 2.09 bits per heavy atom. The molecule has 0 aliphatic heterocycles. The van der Waals surface area contributed by atoms with Crippen LogP contribution in [0.3, 0.4) is 0 Å². The molecule has 0 saturated heterocycles. The summed E-state index contributed by atoms with van der Waals surface area (Å²) in [5.41, 5.74) is 5.15.